The smallest absolute Gasteiger partial charge is 0.340 e. The van der Waals surface area contributed by atoms with Gasteiger partial charge in [-0.3, -0.25) is 4.79 Å². The molecule has 0 fully saturated rings. The highest BCUT2D eigenvalue weighted by molar-refractivity contribution is 5.93. The van der Waals surface area contributed by atoms with E-state index in [2.05, 4.69) is 20.1 Å². The fourth-order valence-corrected chi connectivity index (χ4v) is 1.52. The predicted molar refractivity (Wildman–Crippen MR) is 65.1 cm³/mol. The summed E-state index contributed by atoms with van der Waals surface area (Å²) in [4.78, 5) is 24.2. The molecule has 0 aliphatic heterocycles. The van der Waals surface area contributed by atoms with Crippen LogP contribution in [0.4, 0.5) is 0 Å². The van der Waals surface area contributed by atoms with Gasteiger partial charge in [0.25, 0.3) is 0 Å². The monoisotopic (exact) mass is 260 g/mol. The lowest BCUT2D eigenvalue weighted by molar-refractivity contribution is 0.0600. The summed E-state index contributed by atoms with van der Waals surface area (Å²) in [5.74, 6) is -0.680. The van der Waals surface area contributed by atoms with Crippen molar-refractivity contribution < 1.29 is 14.3 Å². The maximum Gasteiger partial charge on any atom is 0.340 e. The second-order valence-electron chi connectivity index (χ2n) is 3.69. The minimum Gasteiger partial charge on any atom is -0.465 e. The van der Waals surface area contributed by atoms with Gasteiger partial charge in [0.15, 0.2) is 0 Å². The van der Waals surface area contributed by atoms with E-state index in [-0.39, 0.29) is 11.6 Å². The average Bonchev–Trinajstić information content (AvgIpc) is 2.95. The number of rotatable bonds is 4. The number of benzene rings is 1. The Bertz CT molecular complexity index is 621. The molecule has 0 amide bonds. The maximum atomic E-state index is 11.6. The summed E-state index contributed by atoms with van der Waals surface area (Å²) in [6.45, 7) is 1.71. The van der Waals surface area contributed by atoms with Crippen LogP contribution in [-0.4, -0.2) is 39.1 Å². The number of carbonyl (C=O) groups excluding carboxylic acids is 2. The molecule has 19 heavy (non-hydrogen) atoms. The van der Waals surface area contributed by atoms with E-state index in [1.165, 1.54) is 7.11 Å². The highest BCUT2D eigenvalue weighted by atomic mass is 16.5. The number of esters is 1. The van der Waals surface area contributed by atoms with Crippen molar-refractivity contribution in [3.8, 4) is 5.69 Å². The molecule has 0 radical (unpaired) electrons. The fourth-order valence-electron chi connectivity index (χ4n) is 1.52. The topological polar surface area (TPSA) is 87.0 Å². The van der Waals surface area contributed by atoms with Gasteiger partial charge < -0.3 is 4.74 Å². The van der Waals surface area contributed by atoms with Crippen LogP contribution in [0.3, 0.4) is 0 Å². The molecular formula is C12H12N4O3. The van der Waals surface area contributed by atoms with Gasteiger partial charge >= 0.3 is 5.97 Å². The van der Waals surface area contributed by atoms with E-state index in [1.807, 2.05) is 0 Å². The van der Waals surface area contributed by atoms with Crippen molar-refractivity contribution in [2.75, 3.05) is 7.11 Å². The molecule has 2 rings (SSSR count). The van der Waals surface area contributed by atoms with Crippen molar-refractivity contribution in [3.05, 3.63) is 35.7 Å². The third-order valence-corrected chi connectivity index (χ3v) is 2.51. The van der Waals surface area contributed by atoms with Crippen LogP contribution in [0.1, 0.15) is 34.3 Å². The van der Waals surface area contributed by atoms with E-state index in [0.29, 0.717) is 17.7 Å². The van der Waals surface area contributed by atoms with Crippen molar-refractivity contribution in [2.24, 2.45) is 0 Å². The molecule has 98 valence electrons. The standard InChI is InChI=1S/C12H12N4O3/c1-3-10(17)11-13-15-16(14-11)9-7-5-4-6-8(9)12(18)19-2/h4-7H,3H2,1-2H3. The molecule has 2 aromatic rings. The van der Waals surface area contributed by atoms with E-state index >= 15 is 0 Å². The first-order valence-corrected chi connectivity index (χ1v) is 5.68. The number of methoxy groups -OCH3 is 1. The lowest BCUT2D eigenvalue weighted by Crippen LogP contribution is -2.10. The van der Waals surface area contributed by atoms with Gasteiger partial charge in [-0.1, -0.05) is 19.1 Å². The van der Waals surface area contributed by atoms with Crippen LogP contribution in [0.5, 0.6) is 0 Å². The number of Topliss-reactive ketones (excluding diaryl/α,β-unsaturated/α-hetero) is 1. The fraction of sp³-hybridized carbons (Fsp3) is 0.250. The van der Waals surface area contributed by atoms with E-state index in [1.54, 1.807) is 31.2 Å². The van der Waals surface area contributed by atoms with Gasteiger partial charge in [0, 0.05) is 6.42 Å². The summed E-state index contributed by atoms with van der Waals surface area (Å²) in [6.07, 6.45) is 0.296. The Balaban J connectivity index is 2.45. The minimum atomic E-state index is -0.503. The number of carbonyl (C=O) groups is 2. The summed E-state index contributed by atoms with van der Waals surface area (Å²) in [5, 5.41) is 11.4. The summed E-state index contributed by atoms with van der Waals surface area (Å²) in [6, 6.07) is 6.66. The highest BCUT2D eigenvalue weighted by Crippen LogP contribution is 2.13. The lowest BCUT2D eigenvalue weighted by Gasteiger charge is -2.04. The molecule has 1 aromatic heterocycles. The van der Waals surface area contributed by atoms with E-state index in [4.69, 9.17) is 0 Å². The molecule has 0 saturated heterocycles. The van der Waals surface area contributed by atoms with Gasteiger partial charge in [-0.15, -0.1) is 15.0 Å². The zero-order chi connectivity index (χ0) is 13.8. The molecule has 0 N–H and O–H groups in total. The molecular weight excluding hydrogens is 248 g/mol. The van der Waals surface area contributed by atoms with Gasteiger partial charge in [-0.05, 0) is 17.3 Å². The Hall–Kier alpha value is -2.57. The summed E-state index contributed by atoms with van der Waals surface area (Å²) >= 11 is 0. The van der Waals surface area contributed by atoms with E-state index in [9.17, 15) is 9.59 Å². The second kappa shape index (κ2) is 5.38. The number of hydrogen-bond donors (Lipinski definition) is 0. The number of nitrogens with zero attached hydrogens (tertiary/aromatic N) is 4. The Morgan fingerprint density at radius 1 is 1.32 bits per heavy atom. The number of tetrazole rings is 1. The molecule has 0 spiro atoms. The van der Waals surface area contributed by atoms with Gasteiger partial charge in [-0.2, -0.15) is 0 Å². The number of ether oxygens (including phenoxy) is 1. The van der Waals surface area contributed by atoms with Crippen molar-refractivity contribution in [2.45, 2.75) is 13.3 Å². The van der Waals surface area contributed by atoms with Crippen LogP contribution in [0.2, 0.25) is 0 Å². The molecule has 7 heteroatoms. The molecule has 1 heterocycles. The number of ketones is 1. The first kappa shape index (κ1) is 12.9. The van der Waals surface area contributed by atoms with Crippen LogP contribution in [0.25, 0.3) is 5.69 Å². The molecule has 0 saturated carbocycles. The Morgan fingerprint density at radius 3 is 2.74 bits per heavy atom. The van der Waals surface area contributed by atoms with Crippen LogP contribution in [-0.2, 0) is 4.74 Å². The lowest BCUT2D eigenvalue weighted by atomic mass is 10.2. The number of aromatic nitrogens is 4. The molecule has 7 nitrogen and oxygen atoms in total. The Morgan fingerprint density at radius 2 is 2.05 bits per heavy atom. The van der Waals surface area contributed by atoms with Crippen molar-refractivity contribution in [3.63, 3.8) is 0 Å². The summed E-state index contributed by atoms with van der Waals surface area (Å²) < 4.78 is 4.68. The molecule has 0 bridgehead atoms. The first-order valence-electron chi connectivity index (χ1n) is 5.68. The van der Waals surface area contributed by atoms with Crippen LogP contribution < -0.4 is 0 Å². The van der Waals surface area contributed by atoms with Crippen LogP contribution >= 0.6 is 0 Å². The zero-order valence-electron chi connectivity index (χ0n) is 10.5. The highest BCUT2D eigenvalue weighted by Gasteiger charge is 2.16. The minimum absolute atomic E-state index is 0.0298. The third kappa shape index (κ3) is 2.49. The van der Waals surface area contributed by atoms with Gasteiger partial charge in [0.2, 0.25) is 11.6 Å². The van der Waals surface area contributed by atoms with Crippen molar-refractivity contribution in [1.82, 2.24) is 20.2 Å². The Kier molecular flexibility index (Phi) is 3.65. The molecule has 0 unspecified atom stereocenters. The normalized spacial score (nSPS) is 10.2. The van der Waals surface area contributed by atoms with Gasteiger partial charge in [-0.25, -0.2) is 4.79 Å². The summed E-state index contributed by atoms with van der Waals surface area (Å²) in [7, 11) is 1.29. The zero-order valence-corrected chi connectivity index (χ0v) is 10.5. The average molecular weight is 260 g/mol. The molecule has 0 aliphatic carbocycles. The molecule has 0 atom stereocenters. The number of hydrogen-bond acceptors (Lipinski definition) is 6. The van der Waals surface area contributed by atoms with Gasteiger partial charge in [0.05, 0.1) is 12.7 Å². The number of para-hydroxylation sites is 1. The molecule has 1 aromatic carbocycles. The van der Waals surface area contributed by atoms with E-state index < -0.39 is 5.97 Å². The van der Waals surface area contributed by atoms with E-state index in [0.717, 1.165) is 4.80 Å². The maximum absolute atomic E-state index is 11.6. The van der Waals surface area contributed by atoms with Crippen molar-refractivity contribution >= 4 is 11.8 Å². The molecule has 0 aliphatic rings. The second-order valence-corrected chi connectivity index (χ2v) is 3.69. The first-order chi connectivity index (χ1) is 9.17. The third-order valence-electron chi connectivity index (χ3n) is 2.51. The largest absolute Gasteiger partial charge is 0.465 e. The SMILES string of the molecule is CCC(=O)c1nnn(-c2ccccc2C(=O)OC)n1. The Labute approximate surface area is 109 Å². The summed E-state index contributed by atoms with van der Waals surface area (Å²) in [5.41, 5.74) is 0.718. The van der Waals surface area contributed by atoms with Crippen molar-refractivity contribution in [1.29, 1.82) is 0 Å². The van der Waals surface area contributed by atoms with Crippen LogP contribution in [0.15, 0.2) is 24.3 Å². The van der Waals surface area contributed by atoms with Crippen LogP contribution in [0, 0.1) is 0 Å². The quantitative estimate of drug-likeness (QED) is 0.603. The van der Waals surface area contributed by atoms with Gasteiger partial charge in [0.1, 0.15) is 5.69 Å². The predicted octanol–water partition coefficient (Wildman–Crippen LogP) is 1.04.